The van der Waals surface area contributed by atoms with Crippen molar-refractivity contribution in [1.29, 1.82) is 0 Å². The highest BCUT2D eigenvalue weighted by atomic mass is 16.5. The van der Waals surface area contributed by atoms with E-state index in [2.05, 4.69) is 20.3 Å². The highest BCUT2D eigenvalue weighted by molar-refractivity contribution is 5.94. The van der Waals surface area contributed by atoms with Crippen molar-refractivity contribution in [3.8, 4) is 0 Å². The molecule has 0 spiro atoms. The van der Waals surface area contributed by atoms with Crippen LogP contribution in [0.5, 0.6) is 0 Å². The lowest BCUT2D eigenvalue weighted by atomic mass is 9.97. The maximum Gasteiger partial charge on any atom is 0.251 e. The van der Waals surface area contributed by atoms with E-state index in [-0.39, 0.29) is 24.9 Å². The number of anilines is 1. The fraction of sp³-hybridized carbons (Fsp3) is 0.400. The smallest absolute Gasteiger partial charge is 0.251 e. The average Bonchev–Trinajstić information content (AvgIpc) is 3.21. The molecule has 3 heterocycles. The predicted octanol–water partition coefficient (Wildman–Crippen LogP) is -0.353. The van der Waals surface area contributed by atoms with Crippen molar-refractivity contribution in [2.75, 3.05) is 26.0 Å². The Kier molecular flexibility index (Phi) is 6.09. The van der Waals surface area contributed by atoms with Crippen LogP contribution in [0.4, 0.5) is 5.82 Å². The van der Waals surface area contributed by atoms with E-state index in [1.165, 1.54) is 12.7 Å². The Labute approximate surface area is 177 Å². The van der Waals surface area contributed by atoms with Crippen molar-refractivity contribution < 1.29 is 24.5 Å². The molecule has 0 unspecified atom stereocenters. The lowest BCUT2D eigenvalue weighted by Gasteiger charge is -2.38. The maximum absolute atomic E-state index is 12.4. The Morgan fingerprint density at radius 2 is 2.03 bits per heavy atom. The van der Waals surface area contributed by atoms with Gasteiger partial charge in [-0.05, 0) is 17.7 Å². The predicted molar refractivity (Wildman–Crippen MR) is 110 cm³/mol. The van der Waals surface area contributed by atoms with Gasteiger partial charge in [0, 0.05) is 19.2 Å². The first-order valence-electron chi connectivity index (χ1n) is 9.76. The molecule has 164 valence electrons. The molecule has 0 bridgehead atoms. The van der Waals surface area contributed by atoms with Crippen LogP contribution in [-0.4, -0.2) is 74.2 Å². The molecule has 1 aromatic carbocycles. The van der Waals surface area contributed by atoms with E-state index in [9.17, 15) is 15.0 Å². The van der Waals surface area contributed by atoms with Gasteiger partial charge in [0.2, 0.25) is 0 Å². The first-order chi connectivity index (χ1) is 15.0. The highest BCUT2D eigenvalue weighted by Gasteiger charge is 2.40. The van der Waals surface area contributed by atoms with Crippen molar-refractivity contribution in [3.05, 3.63) is 48.0 Å². The van der Waals surface area contributed by atoms with E-state index in [0.29, 0.717) is 23.3 Å². The van der Waals surface area contributed by atoms with Gasteiger partial charge < -0.3 is 35.3 Å². The normalized spacial score (nSPS) is 23.7. The molecule has 4 rings (SSSR count). The van der Waals surface area contributed by atoms with Gasteiger partial charge in [-0.3, -0.25) is 4.79 Å². The maximum atomic E-state index is 12.4. The summed E-state index contributed by atoms with van der Waals surface area (Å²) in [5.41, 5.74) is 8.09. The van der Waals surface area contributed by atoms with Gasteiger partial charge in [-0.15, -0.1) is 0 Å². The van der Waals surface area contributed by atoms with Gasteiger partial charge >= 0.3 is 0 Å². The van der Waals surface area contributed by atoms with Crippen molar-refractivity contribution in [2.45, 2.75) is 31.0 Å². The quantitative estimate of drug-likeness (QED) is 0.412. The number of carbonyl (C=O) groups excluding carboxylic acids is 1. The number of rotatable bonds is 6. The second-order valence-corrected chi connectivity index (χ2v) is 7.34. The number of amides is 1. The van der Waals surface area contributed by atoms with Crippen LogP contribution in [-0.2, 0) is 16.1 Å². The lowest BCUT2D eigenvalue weighted by Crippen LogP contribution is -2.54. The second-order valence-electron chi connectivity index (χ2n) is 7.34. The minimum Gasteiger partial charge on any atom is -0.388 e. The number of hydrogen-bond donors (Lipinski definition) is 4. The number of ether oxygens (including phenoxy) is 2. The summed E-state index contributed by atoms with van der Waals surface area (Å²) in [6.45, 7) is 0.608. The molecule has 11 heteroatoms. The van der Waals surface area contributed by atoms with Crippen LogP contribution >= 0.6 is 0 Å². The number of imidazole rings is 1. The minimum absolute atomic E-state index is 0.0450. The van der Waals surface area contributed by atoms with Crippen LogP contribution in [0, 0.1) is 0 Å². The molecule has 1 fully saturated rings. The van der Waals surface area contributed by atoms with Crippen LogP contribution in [0.3, 0.4) is 0 Å². The first-order valence-corrected chi connectivity index (χ1v) is 9.76. The van der Waals surface area contributed by atoms with Gasteiger partial charge in [-0.1, -0.05) is 12.1 Å². The molecular weight excluding hydrogens is 404 g/mol. The summed E-state index contributed by atoms with van der Waals surface area (Å²) >= 11 is 0. The number of aliphatic hydroxyl groups excluding tert-OH is 2. The zero-order valence-electron chi connectivity index (χ0n) is 16.9. The zero-order chi connectivity index (χ0) is 22.0. The van der Waals surface area contributed by atoms with Crippen LogP contribution in [0.2, 0.25) is 0 Å². The summed E-state index contributed by atoms with van der Waals surface area (Å²) in [5.74, 6) is -0.0736. The summed E-state index contributed by atoms with van der Waals surface area (Å²) < 4.78 is 12.4. The molecular formula is C20H24N6O5. The number of nitrogens with one attached hydrogen (secondary N) is 1. The molecule has 1 aliphatic rings. The summed E-state index contributed by atoms with van der Waals surface area (Å²) in [7, 11) is 1.60. The van der Waals surface area contributed by atoms with Gasteiger partial charge in [-0.2, -0.15) is 0 Å². The van der Waals surface area contributed by atoms with E-state index >= 15 is 0 Å². The molecule has 5 N–H and O–H groups in total. The Morgan fingerprint density at radius 3 is 2.77 bits per heavy atom. The number of hydrogen-bond acceptors (Lipinski definition) is 9. The molecule has 2 aromatic heterocycles. The Morgan fingerprint density at radius 1 is 1.26 bits per heavy atom. The van der Waals surface area contributed by atoms with E-state index in [1.807, 2.05) is 12.1 Å². The SMILES string of the molecule is COCc1ccc(C(=O)NC[C@H]2OC[C@@H](n3cnc4c(N)ncnc43)[C@H](O)[C@@H]2O)cc1. The standard InChI is InChI=1S/C20H24N6O5/c1-30-7-11-2-4-12(5-3-11)20(29)22-6-14-17(28)16(27)13(8-31-14)26-10-25-15-18(21)23-9-24-19(15)26/h2-5,9-10,13-14,16-17,27-28H,6-8H2,1H3,(H,22,29)(H2,21,23,24)/t13-,14-,16+,17-/m1/s1. The van der Waals surface area contributed by atoms with Gasteiger partial charge in [0.25, 0.3) is 5.91 Å². The van der Waals surface area contributed by atoms with Crippen LogP contribution in [0.1, 0.15) is 22.0 Å². The molecule has 1 aliphatic heterocycles. The van der Waals surface area contributed by atoms with Gasteiger partial charge in [0.05, 0.1) is 25.6 Å². The van der Waals surface area contributed by atoms with E-state index < -0.39 is 24.4 Å². The van der Waals surface area contributed by atoms with E-state index in [0.717, 1.165) is 5.56 Å². The van der Waals surface area contributed by atoms with Gasteiger partial charge in [-0.25, -0.2) is 15.0 Å². The molecule has 3 aromatic rings. The first kappa shape index (κ1) is 21.1. The van der Waals surface area contributed by atoms with E-state index in [4.69, 9.17) is 15.2 Å². The Balaban J connectivity index is 1.39. The zero-order valence-corrected chi connectivity index (χ0v) is 16.9. The summed E-state index contributed by atoms with van der Waals surface area (Å²) in [4.78, 5) is 24.6. The fourth-order valence-electron chi connectivity index (χ4n) is 3.62. The van der Waals surface area contributed by atoms with Crippen molar-refractivity contribution in [1.82, 2.24) is 24.8 Å². The number of methoxy groups -OCH3 is 1. The van der Waals surface area contributed by atoms with Crippen molar-refractivity contribution in [2.24, 2.45) is 0 Å². The number of carbonyl (C=O) groups is 1. The molecule has 11 nitrogen and oxygen atoms in total. The average molecular weight is 428 g/mol. The van der Waals surface area contributed by atoms with Gasteiger partial charge in [0.15, 0.2) is 11.5 Å². The molecule has 1 saturated heterocycles. The highest BCUT2D eigenvalue weighted by Crippen LogP contribution is 2.28. The van der Waals surface area contributed by atoms with Crippen molar-refractivity contribution in [3.63, 3.8) is 0 Å². The molecule has 0 radical (unpaired) electrons. The topological polar surface area (TPSA) is 158 Å². The fourth-order valence-corrected chi connectivity index (χ4v) is 3.62. The number of nitrogen functional groups attached to an aromatic ring is 1. The molecule has 0 aliphatic carbocycles. The number of benzene rings is 1. The number of aromatic nitrogens is 4. The third kappa shape index (κ3) is 4.21. The lowest BCUT2D eigenvalue weighted by molar-refractivity contribution is -0.155. The number of nitrogens with two attached hydrogens (primary N) is 1. The Hall–Kier alpha value is -3.12. The molecule has 4 atom stereocenters. The largest absolute Gasteiger partial charge is 0.388 e. The van der Waals surface area contributed by atoms with Crippen LogP contribution < -0.4 is 11.1 Å². The molecule has 0 saturated carbocycles. The second kappa shape index (κ2) is 8.94. The number of aliphatic hydroxyl groups is 2. The summed E-state index contributed by atoms with van der Waals surface area (Å²) in [5, 5.41) is 24.0. The number of fused-ring (bicyclic) bond motifs is 1. The summed E-state index contributed by atoms with van der Waals surface area (Å²) in [6, 6.07) is 6.40. The third-order valence-electron chi connectivity index (χ3n) is 5.34. The number of nitrogens with zero attached hydrogens (tertiary/aromatic N) is 4. The summed E-state index contributed by atoms with van der Waals surface area (Å²) in [6.07, 6.45) is -0.355. The van der Waals surface area contributed by atoms with Gasteiger partial charge in [0.1, 0.15) is 30.2 Å². The van der Waals surface area contributed by atoms with E-state index in [1.54, 1.807) is 23.8 Å². The monoisotopic (exact) mass is 428 g/mol. The minimum atomic E-state index is -1.22. The van der Waals surface area contributed by atoms with Crippen LogP contribution in [0.15, 0.2) is 36.9 Å². The van der Waals surface area contributed by atoms with Crippen molar-refractivity contribution >= 4 is 22.9 Å². The molecule has 31 heavy (non-hydrogen) atoms. The Bertz CT molecular complexity index is 1060. The third-order valence-corrected chi connectivity index (χ3v) is 5.34. The van der Waals surface area contributed by atoms with Crippen LogP contribution in [0.25, 0.3) is 11.2 Å². The molecule has 1 amide bonds.